The molecule has 0 saturated carbocycles. The van der Waals surface area contributed by atoms with Crippen molar-refractivity contribution in [2.24, 2.45) is 0 Å². The fourth-order valence-electron chi connectivity index (χ4n) is 2.06. The van der Waals surface area contributed by atoms with E-state index in [1.54, 1.807) is 17.4 Å². The molecule has 1 aromatic carbocycles. The van der Waals surface area contributed by atoms with Crippen molar-refractivity contribution in [1.29, 1.82) is 0 Å². The highest BCUT2D eigenvalue weighted by Gasteiger charge is 2.18. The summed E-state index contributed by atoms with van der Waals surface area (Å²) in [4.78, 5) is 1.11. The number of benzene rings is 1. The molecule has 5 heteroatoms. The van der Waals surface area contributed by atoms with Gasteiger partial charge in [0.1, 0.15) is 5.82 Å². The van der Waals surface area contributed by atoms with Gasteiger partial charge in [0.25, 0.3) is 0 Å². The number of halogens is 3. The van der Waals surface area contributed by atoms with E-state index < -0.39 is 0 Å². The van der Waals surface area contributed by atoms with Crippen LogP contribution in [0.5, 0.6) is 0 Å². The molecule has 1 aromatic heterocycles. The van der Waals surface area contributed by atoms with Gasteiger partial charge in [-0.05, 0) is 58.4 Å². The Morgan fingerprint density at radius 3 is 2.85 bits per heavy atom. The molecule has 0 spiro atoms. The van der Waals surface area contributed by atoms with Crippen molar-refractivity contribution in [2.45, 2.75) is 25.8 Å². The van der Waals surface area contributed by atoms with Crippen molar-refractivity contribution >= 4 is 38.9 Å². The van der Waals surface area contributed by atoms with Gasteiger partial charge >= 0.3 is 0 Å². The first-order valence-electron chi connectivity index (χ1n) is 6.52. The Hall–Kier alpha value is -0.420. The fraction of sp³-hybridized carbons (Fsp3) is 0.333. The zero-order chi connectivity index (χ0) is 14.5. The molecule has 1 nitrogen and oxygen atoms in total. The van der Waals surface area contributed by atoms with Gasteiger partial charge in [-0.15, -0.1) is 11.3 Å². The molecule has 0 amide bonds. The molecule has 2 rings (SSSR count). The van der Waals surface area contributed by atoms with Gasteiger partial charge in [-0.25, -0.2) is 4.39 Å². The predicted molar refractivity (Wildman–Crippen MR) is 88.2 cm³/mol. The van der Waals surface area contributed by atoms with Gasteiger partial charge in [0.15, 0.2) is 0 Å². The first-order valence-corrected chi connectivity index (χ1v) is 8.57. The molecule has 108 valence electrons. The van der Waals surface area contributed by atoms with Crippen LogP contribution in [0.2, 0.25) is 5.02 Å². The van der Waals surface area contributed by atoms with E-state index in [1.165, 1.54) is 6.07 Å². The quantitative estimate of drug-likeness (QED) is 0.693. The first kappa shape index (κ1) is 16.0. The van der Waals surface area contributed by atoms with Crippen LogP contribution >= 0.6 is 38.9 Å². The number of hydrogen-bond acceptors (Lipinski definition) is 2. The molecule has 2 aromatic rings. The highest BCUT2D eigenvalue weighted by Crippen LogP contribution is 2.32. The standard InChI is InChI=1S/C15H16BrClFNS/c1-2-7-19-13(15-11(17)6-8-20-15)9-10-4-3-5-12(18)14(10)16/h3-6,8,13,19H,2,7,9H2,1H3. The molecule has 0 bridgehead atoms. The van der Waals surface area contributed by atoms with Crippen molar-refractivity contribution < 1.29 is 4.39 Å². The Bertz CT molecular complexity index is 573. The molecule has 1 unspecified atom stereocenters. The van der Waals surface area contributed by atoms with Crippen molar-refractivity contribution in [3.05, 3.63) is 55.4 Å². The second-order valence-electron chi connectivity index (χ2n) is 4.56. The third-order valence-electron chi connectivity index (χ3n) is 3.06. The second kappa shape index (κ2) is 7.55. The molecule has 0 aliphatic heterocycles. The van der Waals surface area contributed by atoms with Crippen LogP contribution in [-0.2, 0) is 6.42 Å². The molecule has 0 radical (unpaired) electrons. The van der Waals surface area contributed by atoms with Crippen LogP contribution in [0.1, 0.15) is 29.8 Å². The van der Waals surface area contributed by atoms with Crippen LogP contribution in [-0.4, -0.2) is 6.54 Å². The van der Waals surface area contributed by atoms with E-state index in [9.17, 15) is 4.39 Å². The molecule has 1 N–H and O–H groups in total. The van der Waals surface area contributed by atoms with E-state index in [0.29, 0.717) is 10.9 Å². The Kier molecular flexibility index (Phi) is 6.02. The van der Waals surface area contributed by atoms with E-state index in [1.807, 2.05) is 17.5 Å². The van der Waals surface area contributed by atoms with Crippen LogP contribution < -0.4 is 5.32 Å². The fourth-order valence-corrected chi connectivity index (χ4v) is 3.75. The maximum Gasteiger partial charge on any atom is 0.137 e. The Balaban J connectivity index is 2.24. The lowest BCUT2D eigenvalue weighted by Gasteiger charge is -2.19. The molecule has 0 aliphatic rings. The van der Waals surface area contributed by atoms with Gasteiger partial charge in [0.05, 0.1) is 9.50 Å². The summed E-state index contributed by atoms with van der Waals surface area (Å²) in [7, 11) is 0. The Labute approximate surface area is 136 Å². The van der Waals surface area contributed by atoms with E-state index in [-0.39, 0.29) is 11.9 Å². The summed E-state index contributed by atoms with van der Waals surface area (Å²) in [5, 5.41) is 6.25. The summed E-state index contributed by atoms with van der Waals surface area (Å²) >= 11 is 11.2. The third-order valence-corrected chi connectivity index (χ3v) is 5.42. The van der Waals surface area contributed by atoms with Gasteiger partial charge in [0, 0.05) is 10.9 Å². The second-order valence-corrected chi connectivity index (χ2v) is 6.70. The lowest BCUT2D eigenvalue weighted by Crippen LogP contribution is -2.23. The van der Waals surface area contributed by atoms with E-state index >= 15 is 0 Å². The molecule has 20 heavy (non-hydrogen) atoms. The van der Waals surface area contributed by atoms with Crippen molar-refractivity contribution in [1.82, 2.24) is 5.32 Å². The van der Waals surface area contributed by atoms with Crippen LogP contribution in [0, 0.1) is 5.82 Å². The van der Waals surface area contributed by atoms with Crippen LogP contribution in [0.15, 0.2) is 34.1 Å². The van der Waals surface area contributed by atoms with Gasteiger partial charge in [-0.2, -0.15) is 0 Å². The van der Waals surface area contributed by atoms with Gasteiger partial charge < -0.3 is 5.32 Å². The first-order chi connectivity index (χ1) is 9.63. The molecule has 1 heterocycles. The van der Waals surface area contributed by atoms with E-state index in [2.05, 4.69) is 28.2 Å². The van der Waals surface area contributed by atoms with Gasteiger partial charge in [0.2, 0.25) is 0 Å². The molecule has 1 atom stereocenters. The largest absolute Gasteiger partial charge is 0.309 e. The average Bonchev–Trinajstić information content (AvgIpc) is 2.85. The third kappa shape index (κ3) is 3.82. The van der Waals surface area contributed by atoms with Crippen molar-refractivity contribution in [3.63, 3.8) is 0 Å². The molecule has 0 saturated heterocycles. The molecule has 0 aliphatic carbocycles. The lowest BCUT2D eigenvalue weighted by molar-refractivity contribution is 0.533. The van der Waals surface area contributed by atoms with E-state index in [4.69, 9.17) is 11.6 Å². The minimum Gasteiger partial charge on any atom is -0.309 e. The minimum absolute atomic E-state index is 0.112. The molecular formula is C15H16BrClFNS. The number of rotatable bonds is 6. The number of thiophene rings is 1. The summed E-state index contributed by atoms with van der Waals surface area (Å²) < 4.78 is 14.2. The lowest BCUT2D eigenvalue weighted by atomic mass is 10.0. The maximum atomic E-state index is 13.6. The number of hydrogen-bond donors (Lipinski definition) is 1. The summed E-state index contributed by atoms with van der Waals surface area (Å²) in [5.41, 5.74) is 0.947. The SMILES string of the molecule is CCCNC(Cc1cccc(F)c1Br)c1sccc1Cl. The van der Waals surface area contributed by atoms with E-state index in [0.717, 1.165) is 28.4 Å². The Morgan fingerprint density at radius 2 is 2.20 bits per heavy atom. The predicted octanol–water partition coefficient (Wildman–Crippen LogP) is 5.59. The van der Waals surface area contributed by atoms with Crippen LogP contribution in [0.25, 0.3) is 0 Å². The smallest absolute Gasteiger partial charge is 0.137 e. The Morgan fingerprint density at radius 1 is 1.40 bits per heavy atom. The highest BCUT2D eigenvalue weighted by molar-refractivity contribution is 9.10. The molecule has 0 fully saturated rings. The monoisotopic (exact) mass is 375 g/mol. The topological polar surface area (TPSA) is 12.0 Å². The van der Waals surface area contributed by atoms with Crippen molar-refractivity contribution in [2.75, 3.05) is 6.54 Å². The van der Waals surface area contributed by atoms with Gasteiger partial charge in [-0.3, -0.25) is 0 Å². The number of nitrogens with one attached hydrogen (secondary N) is 1. The summed E-state index contributed by atoms with van der Waals surface area (Å²) in [6.07, 6.45) is 1.75. The summed E-state index contributed by atoms with van der Waals surface area (Å²) in [5.74, 6) is -0.228. The zero-order valence-electron chi connectivity index (χ0n) is 11.1. The highest BCUT2D eigenvalue weighted by atomic mass is 79.9. The van der Waals surface area contributed by atoms with Crippen LogP contribution in [0.3, 0.4) is 0 Å². The van der Waals surface area contributed by atoms with Gasteiger partial charge in [-0.1, -0.05) is 30.7 Å². The molecular weight excluding hydrogens is 361 g/mol. The minimum atomic E-state index is -0.228. The summed E-state index contributed by atoms with van der Waals surface area (Å²) in [6.45, 7) is 3.03. The summed E-state index contributed by atoms with van der Waals surface area (Å²) in [6, 6.07) is 7.15. The maximum absolute atomic E-state index is 13.6. The normalized spacial score (nSPS) is 12.6. The zero-order valence-corrected chi connectivity index (χ0v) is 14.3. The van der Waals surface area contributed by atoms with Crippen LogP contribution in [0.4, 0.5) is 4.39 Å². The average molecular weight is 377 g/mol. The van der Waals surface area contributed by atoms with Crippen molar-refractivity contribution in [3.8, 4) is 0 Å².